The molecule has 0 radical (unpaired) electrons. The average molecular weight is 196 g/mol. The van der Waals surface area contributed by atoms with Crippen LogP contribution in [0.25, 0.3) is 0 Å². The number of hydrogen-bond acceptors (Lipinski definition) is 3. The second-order valence-corrected chi connectivity index (χ2v) is 4.59. The van der Waals surface area contributed by atoms with Crippen LogP contribution in [0.15, 0.2) is 5.38 Å². The minimum atomic E-state index is 0.791. The predicted octanol–water partition coefficient (Wildman–Crippen LogP) is 2.17. The van der Waals surface area contributed by atoms with Gasteiger partial charge in [0.15, 0.2) is 0 Å². The highest BCUT2D eigenvalue weighted by Crippen LogP contribution is 2.36. The third-order valence-electron chi connectivity index (χ3n) is 2.68. The first kappa shape index (κ1) is 9.16. The van der Waals surface area contributed by atoms with E-state index in [1.165, 1.54) is 30.0 Å². The molecule has 1 aromatic rings. The summed E-state index contributed by atoms with van der Waals surface area (Å²) < 4.78 is 0. The van der Waals surface area contributed by atoms with Crippen molar-refractivity contribution < 1.29 is 0 Å². The molecule has 1 N–H and O–H groups in total. The average Bonchev–Trinajstić information content (AvgIpc) is 2.46. The highest BCUT2D eigenvalue weighted by Gasteiger charge is 2.21. The van der Waals surface area contributed by atoms with Crippen LogP contribution in [0.5, 0.6) is 0 Å². The summed E-state index contributed by atoms with van der Waals surface area (Å²) in [6.07, 6.45) is 5.19. The van der Waals surface area contributed by atoms with Crippen molar-refractivity contribution in [3.8, 4) is 0 Å². The van der Waals surface area contributed by atoms with Crippen LogP contribution in [0.2, 0.25) is 0 Å². The molecule has 1 aliphatic carbocycles. The van der Waals surface area contributed by atoms with Crippen molar-refractivity contribution in [3.63, 3.8) is 0 Å². The number of thiazole rings is 1. The summed E-state index contributed by atoms with van der Waals surface area (Å²) in [5.74, 6) is 0.791. The van der Waals surface area contributed by atoms with E-state index in [1.54, 1.807) is 0 Å². The summed E-state index contributed by atoms with van der Waals surface area (Å²) in [5, 5.41) is 6.68. The molecule has 1 saturated carbocycles. The Hall–Kier alpha value is -0.410. The topological polar surface area (TPSA) is 24.9 Å². The first-order chi connectivity index (χ1) is 6.40. The third kappa shape index (κ3) is 2.09. The van der Waals surface area contributed by atoms with Crippen molar-refractivity contribution in [3.05, 3.63) is 16.1 Å². The molecule has 0 atom stereocenters. The Balaban J connectivity index is 1.92. The van der Waals surface area contributed by atoms with Gasteiger partial charge in [0.2, 0.25) is 0 Å². The quantitative estimate of drug-likeness (QED) is 0.798. The van der Waals surface area contributed by atoms with E-state index in [1.807, 2.05) is 18.4 Å². The third-order valence-corrected chi connectivity index (χ3v) is 3.61. The number of nitrogens with zero attached hydrogens (tertiary/aromatic N) is 1. The van der Waals surface area contributed by atoms with Gasteiger partial charge in [0.05, 0.1) is 10.7 Å². The van der Waals surface area contributed by atoms with Gasteiger partial charge in [-0.15, -0.1) is 11.3 Å². The highest BCUT2D eigenvalue weighted by molar-refractivity contribution is 7.09. The first-order valence-electron chi connectivity index (χ1n) is 4.99. The van der Waals surface area contributed by atoms with E-state index in [-0.39, 0.29) is 0 Å². The number of likely N-dealkylation sites (N-methyl/N-ethyl adjacent to an activating group) is 1. The van der Waals surface area contributed by atoms with Gasteiger partial charge in [0, 0.05) is 24.3 Å². The molecule has 2 nitrogen and oxygen atoms in total. The van der Waals surface area contributed by atoms with Crippen LogP contribution in [0.4, 0.5) is 0 Å². The second kappa shape index (κ2) is 4.20. The maximum Gasteiger partial charge on any atom is 0.0941 e. The normalized spacial score (nSPS) is 17.3. The van der Waals surface area contributed by atoms with Gasteiger partial charge in [-0.05, 0) is 19.9 Å². The Morgan fingerprint density at radius 1 is 1.62 bits per heavy atom. The Kier molecular flexibility index (Phi) is 2.96. The molecule has 0 amide bonds. The van der Waals surface area contributed by atoms with Crippen molar-refractivity contribution in [2.75, 3.05) is 13.6 Å². The molecular formula is C10H16N2S. The lowest BCUT2D eigenvalue weighted by Gasteiger charge is -2.22. The van der Waals surface area contributed by atoms with Gasteiger partial charge in [0.25, 0.3) is 0 Å². The minimum Gasteiger partial charge on any atom is -0.319 e. The molecule has 1 aliphatic rings. The zero-order chi connectivity index (χ0) is 9.10. The molecule has 1 aromatic heterocycles. The predicted molar refractivity (Wildman–Crippen MR) is 56.3 cm³/mol. The smallest absolute Gasteiger partial charge is 0.0941 e. The van der Waals surface area contributed by atoms with Crippen molar-refractivity contribution in [2.45, 2.75) is 31.6 Å². The molecule has 0 aromatic carbocycles. The Labute approximate surface area is 83.4 Å². The molecule has 0 bridgehead atoms. The molecule has 0 aliphatic heterocycles. The van der Waals surface area contributed by atoms with Crippen LogP contribution in [0.3, 0.4) is 0 Å². The molecular weight excluding hydrogens is 180 g/mol. The lowest BCUT2D eigenvalue weighted by molar-refractivity contribution is 0.412. The second-order valence-electron chi connectivity index (χ2n) is 3.65. The molecule has 13 heavy (non-hydrogen) atoms. The fourth-order valence-corrected chi connectivity index (χ4v) is 2.44. The zero-order valence-corrected chi connectivity index (χ0v) is 8.86. The summed E-state index contributed by atoms with van der Waals surface area (Å²) in [7, 11) is 1.99. The van der Waals surface area contributed by atoms with Crippen LogP contribution >= 0.6 is 11.3 Å². The molecule has 1 heterocycles. The summed E-state index contributed by atoms with van der Waals surface area (Å²) in [6.45, 7) is 1.04. The molecule has 3 heteroatoms. The van der Waals surface area contributed by atoms with Crippen LogP contribution in [0, 0.1) is 0 Å². The number of aromatic nitrogens is 1. The van der Waals surface area contributed by atoms with Gasteiger partial charge >= 0.3 is 0 Å². The van der Waals surface area contributed by atoms with E-state index in [4.69, 9.17) is 0 Å². The van der Waals surface area contributed by atoms with E-state index < -0.39 is 0 Å². The number of hydrogen-bond donors (Lipinski definition) is 1. The maximum absolute atomic E-state index is 4.65. The van der Waals surface area contributed by atoms with Crippen LogP contribution in [0.1, 0.15) is 35.9 Å². The van der Waals surface area contributed by atoms with Crippen LogP contribution in [-0.4, -0.2) is 18.6 Å². The van der Waals surface area contributed by atoms with E-state index in [0.29, 0.717) is 0 Å². The SMILES string of the molecule is CNCCc1nc(C2CCC2)cs1. The number of rotatable bonds is 4. The fourth-order valence-electron chi connectivity index (χ4n) is 1.56. The Bertz CT molecular complexity index is 266. The minimum absolute atomic E-state index is 0.791. The largest absolute Gasteiger partial charge is 0.319 e. The summed E-state index contributed by atoms with van der Waals surface area (Å²) in [5.41, 5.74) is 1.35. The van der Waals surface area contributed by atoms with Gasteiger partial charge in [-0.25, -0.2) is 4.98 Å². The molecule has 0 unspecified atom stereocenters. The van der Waals surface area contributed by atoms with Crippen molar-refractivity contribution in [2.24, 2.45) is 0 Å². The fraction of sp³-hybridized carbons (Fsp3) is 0.700. The van der Waals surface area contributed by atoms with Crippen LogP contribution < -0.4 is 5.32 Å². The van der Waals surface area contributed by atoms with E-state index in [2.05, 4.69) is 15.7 Å². The Morgan fingerprint density at radius 2 is 2.46 bits per heavy atom. The van der Waals surface area contributed by atoms with Crippen molar-refractivity contribution in [1.29, 1.82) is 0 Å². The molecule has 1 fully saturated rings. The first-order valence-corrected chi connectivity index (χ1v) is 5.87. The van der Waals surface area contributed by atoms with Crippen molar-refractivity contribution in [1.82, 2.24) is 10.3 Å². The van der Waals surface area contributed by atoms with Crippen LogP contribution in [-0.2, 0) is 6.42 Å². The van der Waals surface area contributed by atoms with Gasteiger partial charge in [-0.2, -0.15) is 0 Å². The van der Waals surface area contributed by atoms with Crippen molar-refractivity contribution >= 4 is 11.3 Å². The molecule has 0 spiro atoms. The lowest BCUT2D eigenvalue weighted by atomic mass is 9.83. The zero-order valence-electron chi connectivity index (χ0n) is 8.05. The van der Waals surface area contributed by atoms with Gasteiger partial charge < -0.3 is 5.32 Å². The summed E-state index contributed by atoms with van der Waals surface area (Å²) >= 11 is 1.82. The summed E-state index contributed by atoms with van der Waals surface area (Å²) in [6, 6.07) is 0. The van der Waals surface area contributed by atoms with Gasteiger partial charge in [-0.3, -0.25) is 0 Å². The maximum atomic E-state index is 4.65. The van der Waals surface area contributed by atoms with E-state index in [9.17, 15) is 0 Å². The standard InChI is InChI=1S/C10H16N2S/c1-11-6-5-10-12-9(7-13-10)8-3-2-4-8/h7-8,11H,2-6H2,1H3. The van der Waals surface area contributed by atoms with Gasteiger partial charge in [-0.1, -0.05) is 6.42 Å². The summed E-state index contributed by atoms with van der Waals surface area (Å²) in [4.78, 5) is 4.65. The van der Waals surface area contributed by atoms with E-state index >= 15 is 0 Å². The Morgan fingerprint density at radius 3 is 3.08 bits per heavy atom. The van der Waals surface area contributed by atoms with Gasteiger partial charge in [0.1, 0.15) is 0 Å². The van der Waals surface area contributed by atoms with E-state index in [0.717, 1.165) is 18.9 Å². The monoisotopic (exact) mass is 196 g/mol. The number of nitrogens with one attached hydrogen (secondary N) is 1. The molecule has 0 saturated heterocycles. The molecule has 72 valence electrons. The molecule has 2 rings (SSSR count). The highest BCUT2D eigenvalue weighted by atomic mass is 32.1. The lowest BCUT2D eigenvalue weighted by Crippen LogP contribution is -2.11.